The predicted octanol–water partition coefficient (Wildman–Crippen LogP) is 0.110. The van der Waals surface area contributed by atoms with Gasteiger partial charge in [0.05, 0.1) is 13.5 Å². The maximum absolute atomic E-state index is 11.0. The van der Waals surface area contributed by atoms with Gasteiger partial charge < -0.3 is 15.4 Å². The van der Waals surface area contributed by atoms with Gasteiger partial charge in [0.1, 0.15) is 10.7 Å². The molecule has 1 rings (SSSR count). The zero-order valence-electron chi connectivity index (χ0n) is 9.71. The molecule has 1 aromatic heterocycles. The zero-order chi connectivity index (χ0) is 12.8. The number of esters is 1. The van der Waals surface area contributed by atoms with Crippen LogP contribution in [-0.4, -0.2) is 41.6 Å². The fourth-order valence-electron chi connectivity index (χ4n) is 1.13. The van der Waals surface area contributed by atoms with Crippen LogP contribution in [-0.2, 0) is 9.53 Å². The summed E-state index contributed by atoms with van der Waals surface area (Å²) < 4.78 is 4.55. The molecule has 0 aliphatic heterocycles. The molecule has 0 saturated carbocycles. The number of methoxy groups -OCH3 is 1. The van der Waals surface area contributed by atoms with Crippen LogP contribution in [0.15, 0.2) is 12.3 Å². The number of thiocarbonyl (C=S) groups is 1. The van der Waals surface area contributed by atoms with E-state index < -0.39 is 0 Å². The molecule has 17 heavy (non-hydrogen) atoms. The molecule has 0 atom stereocenters. The lowest BCUT2D eigenvalue weighted by Gasteiger charge is -2.16. The van der Waals surface area contributed by atoms with Gasteiger partial charge in [-0.15, -0.1) is 0 Å². The van der Waals surface area contributed by atoms with E-state index in [0.29, 0.717) is 18.2 Å². The van der Waals surface area contributed by atoms with Gasteiger partial charge in [-0.2, -0.15) is 0 Å². The smallest absolute Gasteiger partial charge is 0.307 e. The molecule has 0 spiro atoms. The van der Waals surface area contributed by atoms with Gasteiger partial charge in [0.25, 0.3) is 0 Å². The molecule has 0 saturated heterocycles. The number of carbonyl (C=O) groups excluding carboxylic acids is 1. The molecule has 1 aromatic rings. The van der Waals surface area contributed by atoms with Crippen LogP contribution in [0.4, 0.5) is 5.95 Å². The van der Waals surface area contributed by atoms with Gasteiger partial charge in [-0.3, -0.25) is 4.79 Å². The van der Waals surface area contributed by atoms with Gasteiger partial charge in [0.15, 0.2) is 0 Å². The van der Waals surface area contributed by atoms with Crippen molar-refractivity contribution in [3.8, 4) is 0 Å². The molecule has 0 aromatic carbocycles. The molecule has 0 amide bonds. The second-order valence-corrected chi connectivity index (χ2v) is 3.79. The van der Waals surface area contributed by atoms with Crippen molar-refractivity contribution in [1.82, 2.24) is 9.97 Å². The third kappa shape index (κ3) is 3.95. The number of ether oxygens (including phenoxy) is 1. The largest absolute Gasteiger partial charge is 0.469 e. The van der Waals surface area contributed by atoms with Crippen molar-refractivity contribution in [1.29, 1.82) is 0 Å². The van der Waals surface area contributed by atoms with Gasteiger partial charge in [-0.1, -0.05) is 12.2 Å². The lowest BCUT2D eigenvalue weighted by atomic mass is 10.4. The number of carbonyl (C=O) groups is 1. The molecule has 1 heterocycles. The van der Waals surface area contributed by atoms with Crippen molar-refractivity contribution in [2.75, 3.05) is 25.6 Å². The maximum Gasteiger partial charge on any atom is 0.307 e. The molecule has 0 aliphatic carbocycles. The molecule has 0 unspecified atom stereocenters. The average molecular weight is 254 g/mol. The van der Waals surface area contributed by atoms with E-state index in [9.17, 15) is 4.79 Å². The minimum atomic E-state index is -0.276. The van der Waals surface area contributed by atoms with Crippen LogP contribution in [0.3, 0.4) is 0 Å². The Morgan fingerprint density at radius 1 is 1.65 bits per heavy atom. The highest BCUT2D eigenvalue weighted by molar-refractivity contribution is 7.80. The topological polar surface area (TPSA) is 81.3 Å². The van der Waals surface area contributed by atoms with Crippen molar-refractivity contribution >= 4 is 29.1 Å². The Balaban J connectivity index is 2.68. The van der Waals surface area contributed by atoms with E-state index in [-0.39, 0.29) is 17.4 Å². The molecule has 7 heteroatoms. The Morgan fingerprint density at radius 2 is 2.35 bits per heavy atom. The number of nitrogens with two attached hydrogens (primary N) is 1. The summed E-state index contributed by atoms with van der Waals surface area (Å²) >= 11 is 4.83. The minimum absolute atomic E-state index is 0.218. The summed E-state index contributed by atoms with van der Waals surface area (Å²) in [5.41, 5.74) is 5.98. The molecular weight excluding hydrogens is 240 g/mol. The molecule has 6 nitrogen and oxygen atoms in total. The summed E-state index contributed by atoms with van der Waals surface area (Å²) in [5.74, 6) is 0.196. The van der Waals surface area contributed by atoms with Gasteiger partial charge in [0.2, 0.25) is 5.95 Å². The average Bonchev–Trinajstić information content (AvgIpc) is 2.35. The van der Waals surface area contributed by atoms with Crippen LogP contribution in [0.1, 0.15) is 12.1 Å². The van der Waals surface area contributed by atoms with Gasteiger partial charge >= 0.3 is 5.97 Å². The lowest BCUT2D eigenvalue weighted by Crippen LogP contribution is -2.24. The number of hydrogen-bond donors (Lipinski definition) is 1. The monoisotopic (exact) mass is 254 g/mol. The fraction of sp³-hybridized carbons (Fsp3) is 0.400. The first kappa shape index (κ1) is 13.3. The molecule has 0 fully saturated rings. The SMILES string of the molecule is COC(=O)CCN(C)c1nccc(C(N)=S)n1. The third-order valence-corrected chi connectivity index (χ3v) is 2.32. The summed E-state index contributed by atoms with van der Waals surface area (Å²) in [6, 6.07) is 1.64. The molecule has 2 N–H and O–H groups in total. The molecule has 0 aliphatic rings. The third-order valence-electron chi connectivity index (χ3n) is 2.12. The van der Waals surface area contributed by atoms with Gasteiger partial charge in [-0.05, 0) is 6.07 Å². The zero-order valence-corrected chi connectivity index (χ0v) is 10.5. The van der Waals surface area contributed by atoms with E-state index >= 15 is 0 Å². The Kier molecular flexibility index (Phi) is 4.77. The second-order valence-electron chi connectivity index (χ2n) is 3.35. The maximum atomic E-state index is 11.0. The van der Waals surface area contributed by atoms with Crippen LogP contribution in [0.25, 0.3) is 0 Å². The Morgan fingerprint density at radius 3 is 2.94 bits per heavy atom. The lowest BCUT2D eigenvalue weighted by molar-refractivity contribution is -0.140. The summed E-state index contributed by atoms with van der Waals surface area (Å²) in [6.45, 7) is 0.466. The van der Waals surface area contributed by atoms with E-state index in [1.165, 1.54) is 7.11 Å². The number of nitrogens with zero attached hydrogens (tertiary/aromatic N) is 3. The predicted molar refractivity (Wildman–Crippen MR) is 67.8 cm³/mol. The van der Waals surface area contributed by atoms with Crippen LogP contribution >= 0.6 is 12.2 Å². The highest BCUT2D eigenvalue weighted by Gasteiger charge is 2.09. The molecule has 92 valence electrons. The number of hydrogen-bond acceptors (Lipinski definition) is 6. The second kappa shape index (κ2) is 6.09. The van der Waals surface area contributed by atoms with E-state index in [1.54, 1.807) is 24.2 Å². The van der Waals surface area contributed by atoms with Crippen molar-refractivity contribution in [2.45, 2.75) is 6.42 Å². The fourth-order valence-corrected chi connectivity index (χ4v) is 1.24. The Hall–Kier alpha value is -1.76. The quantitative estimate of drug-likeness (QED) is 0.590. The molecule has 0 bridgehead atoms. The van der Waals surface area contributed by atoms with E-state index in [4.69, 9.17) is 18.0 Å². The first-order valence-electron chi connectivity index (χ1n) is 4.95. The highest BCUT2D eigenvalue weighted by Crippen LogP contribution is 2.06. The van der Waals surface area contributed by atoms with Crippen LogP contribution in [0.5, 0.6) is 0 Å². The van der Waals surface area contributed by atoms with Crippen molar-refractivity contribution < 1.29 is 9.53 Å². The summed E-state index contributed by atoms with van der Waals surface area (Å²) in [5, 5.41) is 0. The van der Waals surface area contributed by atoms with E-state index in [1.807, 2.05) is 0 Å². The number of anilines is 1. The first-order chi connectivity index (χ1) is 8.04. The molecule has 0 radical (unpaired) electrons. The van der Waals surface area contributed by atoms with Crippen LogP contribution < -0.4 is 10.6 Å². The van der Waals surface area contributed by atoms with Gasteiger partial charge in [0, 0.05) is 19.8 Å². The van der Waals surface area contributed by atoms with Crippen LogP contribution in [0, 0.1) is 0 Å². The number of aromatic nitrogens is 2. The summed E-state index contributed by atoms with van der Waals surface area (Å²) in [6.07, 6.45) is 1.85. The standard InChI is InChI=1S/C10H14N4O2S/c1-14(6-4-8(15)16-2)10-12-5-3-7(13-10)9(11)17/h3,5H,4,6H2,1-2H3,(H2,11,17). The van der Waals surface area contributed by atoms with Gasteiger partial charge in [-0.25, -0.2) is 9.97 Å². The van der Waals surface area contributed by atoms with Crippen molar-refractivity contribution in [3.63, 3.8) is 0 Å². The first-order valence-corrected chi connectivity index (χ1v) is 5.36. The van der Waals surface area contributed by atoms with E-state index in [0.717, 1.165) is 0 Å². The molecular formula is C10H14N4O2S. The highest BCUT2D eigenvalue weighted by atomic mass is 32.1. The normalized spacial score (nSPS) is 9.76. The summed E-state index contributed by atoms with van der Waals surface area (Å²) in [4.78, 5) is 21.2. The van der Waals surface area contributed by atoms with Crippen LogP contribution in [0.2, 0.25) is 0 Å². The van der Waals surface area contributed by atoms with E-state index in [2.05, 4.69) is 14.7 Å². The van der Waals surface area contributed by atoms with Crippen molar-refractivity contribution in [2.24, 2.45) is 5.73 Å². The summed E-state index contributed by atoms with van der Waals surface area (Å²) in [7, 11) is 3.13. The Labute approximate surface area is 105 Å². The van der Waals surface area contributed by atoms with Crippen molar-refractivity contribution in [3.05, 3.63) is 18.0 Å². The number of rotatable bonds is 5. The Bertz CT molecular complexity index is 425. The minimum Gasteiger partial charge on any atom is -0.469 e.